The number of hydrogen-bond donors (Lipinski definition) is 2. The Kier molecular flexibility index (Phi) is 7.01. The van der Waals surface area contributed by atoms with Crippen molar-refractivity contribution in [3.63, 3.8) is 0 Å². The Balaban J connectivity index is 2.26. The van der Waals surface area contributed by atoms with E-state index in [-0.39, 0.29) is 18.5 Å². The molecule has 0 aliphatic carbocycles. The highest BCUT2D eigenvalue weighted by molar-refractivity contribution is 7.80. The van der Waals surface area contributed by atoms with Crippen molar-refractivity contribution in [1.82, 2.24) is 15.5 Å². The number of benzene rings is 1. The zero-order valence-corrected chi connectivity index (χ0v) is 13.2. The van der Waals surface area contributed by atoms with Gasteiger partial charge in [0.2, 0.25) is 5.91 Å². The number of carbonyl (C=O) groups is 1. The van der Waals surface area contributed by atoms with E-state index in [0.29, 0.717) is 5.11 Å². The fraction of sp³-hybridized carbons (Fsp3) is 0.467. The molecule has 0 heterocycles. The molecule has 0 radical (unpaired) electrons. The molecule has 1 amide bonds. The van der Waals surface area contributed by atoms with E-state index in [0.717, 1.165) is 13.0 Å². The lowest BCUT2D eigenvalue weighted by Crippen LogP contribution is -2.44. The van der Waals surface area contributed by atoms with Crippen LogP contribution >= 0.6 is 12.2 Å². The van der Waals surface area contributed by atoms with E-state index < -0.39 is 0 Å². The Labute approximate surface area is 126 Å². The second-order valence-electron chi connectivity index (χ2n) is 5.05. The van der Waals surface area contributed by atoms with Gasteiger partial charge in [-0.15, -0.1) is 0 Å². The van der Waals surface area contributed by atoms with Gasteiger partial charge in [0.05, 0.1) is 6.54 Å². The summed E-state index contributed by atoms with van der Waals surface area (Å²) in [6.07, 6.45) is 0.910. The summed E-state index contributed by atoms with van der Waals surface area (Å²) in [6.45, 7) is 4.91. The molecule has 0 unspecified atom stereocenters. The highest BCUT2D eigenvalue weighted by Crippen LogP contribution is 1.98. The Morgan fingerprint density at radius 1 is 1.30 bits per heavy atom. The maximum Gasteiger partial charge on any atom is 0.239 e. The first kappa shape index (κ1) is 16.4. The lowest BCUT2D eigenvalue weighted by molar-refractivity contribution is -0.121. The van der Waals surface area contributed by atoms with Gasteiger partial charge in [0, 0.05) is 19.6 Å². The highest BCUT2D eigenvalue weighted by atomic mass is 32.1. The van der Waals surface area contributed by atoms with E-state index in [4.69, 9.17) is 12.2 Å². The summed E-state index contributed by atoms with van der Waals surface area (Å²) >= 11 is 5.26. The van der Waals surface area contributed by atoms with Gasteiger partial charge >= 0.3 is 0 Å². The van der Waals surface area contributed by atoms with Crippen LogP contribution in [0.15, 0.2) is 30.3 Å². The Morgan fingerprint density at radius 3 is 2.55 bits per heavy atom. The smallest absolute Gasteiger partial charge is 0.239 e. The maximum atomic E-state index is 11.6. The number of likely N-dealkylation sites (N-methyl/N-ethyl adjacent to an activating group) is 1. The number of amides is 1. The molecule has 5 heteroatoms. The van der Waals surface area contributed by atoms with E-state index in [1.807, 2.05) is 39.1 Å². The van der Waals surface area contributed by atoms with Gasteiger partial charge in [-0.1, -0.05) is 30.3 Å². The van der Waals surface area contributed by atoms with E-state index in [1.165, 1.54) is 5.56 Å². The normalized spacial score (nSPS) is 10.2. The van der Waals surface area contributed by atoms with Gasteiger partial charge in [-0.3, -0.25) is 4.79 Å². The van der Waals surface area contributed by atoms with Crippen molar-refractivity contribution in [2.24, 2.45) is 0 Å². The molecule has 110 valence electrons. The van der Waals surface area contributed by atoms with Gasteiger partial charge in [-0.05, 0) is 38.0 Å². The number of nitrogens with zero attached hydrogens (tertiary/aromatic N) is 1. The highest BCUT2D eigenvalue weighted by Gasteiger charge is 2.09. The Morgan fingerprint density at radius 2 is 1.95 bits per heavy atom. The van der Waals surface area contributed by atoms with Gasteiger partial charge in [-0.25, -0.2) is 0 Å². The van der Waals surface area contributed by atoms with Crippen molar-refractivity contribution >= 4 is 23.2 Å². The predicted molar refractivity (Wildman–Crippen MR) is 86.7 cm³/mol. The quantitative estimate of drug-likeness (QED) is 0.781. The summed E-state index contributed by atoms with van der Waals surface area (Å²) in [5.74, 6) is -0.0188. The summed E-state index contributed by atoms with van der Waals surface area (Å²) in [7, 11) is 1.82. The average molecular weight is 293 g/mol. The first-order chi connectivity index (χ1) is 9.49. The molecule has 0 saturated heterocycles. The van der Waals surface area contributed by atoms with Crippen LogP contribution in [0.25, 0.3) is 0 Å². The monoisotopic (exact) mass is 293 g/mol. The number of thiocarbonyl (C=S) groups is 1. The van der Waals surface area contributed by atoms with Crippen LogP contribution in [-0.2, 0) is 11.2 Å². The summed E-state index contributed by atoms with van der Waals surface area (Å²) in [6, 6.07) is 10.4. The van der Waals surface area contributed by atoms with Gasteiger partial charge in [-0.2, -0.15) is 0 Å². The van der Waals surface area contributed by atoms with Crippen LogP contribution in [0.4, 0.5) is 0 Å². The maximum absolute atomic E-state index is 11.6. The minimum Gasteiger partial charge on any atom is -0.362 e. The van der Waals surface area contributed by atoms with Crippen LogP contribution in [0.1, 0.15) is 19.4 Å². The third-order valence-corrected chi connectivity index (χ3v) is 3.17. The molecule has 1 aromatic carbocycles. The molecule has 20 heavy (non-hydrogen) atoms. The summed E-state index contributed by atoms with van der Waals surface area (Å²) < 4.78 is 0. The van der Waals surface area contributed by atoms with E-state index in [9.17, 15) is 4.79 Å². The second-order valence-corrected chi connectivity index (χ2v) is 5.43. The number of rotatable bonds is 6. The minimum absolute atomic E-state index is 0.0188. The van der Waals surface area contributed by atoms with Gasteiger partial charge in [0.25, 0.3) is 0 Å². The van der Waals surface area contributed by atoms with E-state index in [1.54, 1.807) is 4.90 Å². The SMILES string of the molecule is CC(C)NC(=O)CN(C)C(=S)NCCc1ccccc1. The first-order valence-corrected chi connectivity index (χ1v) is 7.22. The molecule has 1 rings (SSSR count). The van der Waals surface area contributed by atoms with Crippen molar-refractivity contribution in [3.8, 4) is 0 Å². The zero-order chi connectivity index (χ0) is 15.0. The second kappa shape index (κ2) is 8.53. The summed E-state index contributed by atoms with van der Waals surface area (Å²) in [5, 5.41) is 6.61. The standard InChI is InChI=1S/C15H23N3OS/c1-12(2)17-14(19)11-18(3)15(20)16-10-9-13-7-5-4-6-8-13/h4-8,12H,9-11H2,1-3H3,(H,16,20)(H,17,19). The molecular weight excluding hydrogens is 270 g/mol. The van der Waals surface area contributed by atoms with Crippen LogP contribution in [0.3, 0.4) is 0 Å². The molecule has 2 N–H and O–H groups in total. The molecule has 0 atom stereocenters. The van der Waals surface area contributed by atoms with Crippen molar-refractivity contribution in [2.45, 2.75) is 26.3 Å². The van der Waals surface area contributed by atoms with Crippen LogP contribution in [0.2, 0.25) is 0 Å². The molecule has 0 spiro atoms. The molecule has 0 aliphatic heterocycles. The minimum atomic E-state index is -0.0188. The lowest BCUT2D eigenvalue weighted by Gasteiger charge is -2.21. The molecule has 0 aromatic heterocycles. The average Bonchev–Trinajstić information content (AvgIpc) is 2.38. The van der Waals surface area contributed by atoms with Crippen molar-refractivity contribution in [2.75, 3.05) is 20.1 Å². The predicted octanol–water partition coefficient (Wildman–Crippen LogP) is 1.56. The van der Waals surface area contributed by atoms with Gasteiger partial charge in [0.1, 0.15) is 0 Å². The third-order valence-electron chi connectivity index (χ3n) is 2.71. The van der Waals surface area contributed by atoms with Crippen LogP contribution in [-0.4, -0.2) is 42.1 Å². The summed E-state index contributed by atoms with van der Waals surface area (Å²) in [5.41, 5.74) is 1.27. The topological polar surface area (TPSA) is 44.4 Å². The largest absolute Gasteiger partial charge is 0.362 e. The fourth-order valence-corrected chi connectivity index (χ4v) is 1.91. The number of carbonyl (C=O) groups excluding carboxylic acids is 1. The van der Waals surface area contributed by atoms with Crippen LogP contribution in [0, 0.1) is 0 Å². The van der Waals surface area contributed by atoms with Crippen molar-refractivity contribution in [1.29, 1.82) is 0 Å². The third kappa shape index (κ3) is 6.52. The molecule has 0 saturated carbocycles. The van der Waals surface area contributed by atoms with Gasteiger partial charge < -0.3 is 15.5 Å². The lowest BCUT2D eigenvalue weighted by atomic mass is 10.1. The molecule has 0 bridgehead atoms. The molecule has 0 fully saturated rings. The Hall–Kier alpha value is -1.62. The fourth-order valence-electron chi connectivity index (χ4n) is 1.75. The van der Waals surface area contributed by atoms with Crippen LogP contribution < -0.4 is 10.6 Å². The van der Waals surface area contributed by atoms with Crippen molar-refractivity contribution < 1.29 is 4.79 Å². The van der Waals surface area contributed by atoms with Gasteiger partial charge in [0.15, 0.2) is 5.11 Å². The summed E-state index contributed by atoms with van der Waals surface area (Å²) in [4.78, 5) is 13.4. The zero-order valence-electron chi connectivity index (χ0n) is 12.3. The van der Waals surface area contributed by atoms with E-state index >= 15 is 0 Å². The molecule has 1 aromatic rings. The molecule has 0 aliphatic rings. The molecular formula is C15H23N3OS. The van der Waals surface area contributed by atoms with Crippen LogP contribution in [0.5, 0.6) is 0 Å². The Bertz CT molecular complexity index is 434. The van der Waals surface area contributed by atoms with Crippen molar-refractivity contribution in [3.05, 3.63) is 35.9 Å². The first-order valence-electron chi connectivity index (χ1n) is 6.81. The number of hydrogen-bond acceptors (Lipinski definition) is 2. The van der Waals surface area contributed by atoms with E-state index in [2.05, 4.69) is 22.8 Å². The molecule has 4 nitrogen and oxygen atoms in total. The number of nitrogens with one attached hydrogen (secondary N) is 2.